The van der Waals surface area contributed by atoms with Gasteiger partial charge in [0.2, 0.25) is 0 Å². The van der Waals surface area contributed by atoms with Crippen LogP contribution in [0.2, 0.25) is 0 Å². The van der Waals surface area contributed by atoms with Crippen LogP contribution in [0.3, 0.4) is 0 Å². The fourth-order valence-electron chi connectivity index (χ4n) is 1.51. The van der Waals surface area contributed by atoms with E-state index in [1.54, 1.807) is 6.07 Å². The molecule has 0 aliphatic rings. The Balaban J connectivity index is 2.57. The number of fused-ring (bicyclic) bond motifs is 1. The minimum atomic E-state index is -0.757. The zero-order chi connectivity index (χ0) is 13.3. The van der Waals surface area contributed by atoms with Gasteiger partial charge in [0, 0.05) is 12.6 Å². The molecule has 0 radical (unpaired) electrons. The van der Waals surface area contributed by atoms with Gasteiger partial charge in [0.15, 0.2) is 0 Å². The number of hydrogen-bond donors (Lipinski definition) is 2. The first-order valence-corrected chi connectivity index (χ1v) is 5.11. The van der Waals surface area contributed by atoms with E-state index in [4.69, 9.17) is 4.84 Å². The van der Waals surface area contributed by atoms with Crippen molar-refractivity contribution in [2.24, 2.45) is 0 Å². The summed E-state index contributed by atoms with van der Waals surface area (Å²) in [5.74, 6) is -0.355. The molecular weight excluding hydrogens is 238 g/mol. The van der Waals surface area contributed by atoms with E-state index in [-0.39, 0.29) is 5.91 Å². The van der Waals surface area contributed by atoms with Gasteiger partial charge in [0.25, 0.3) is 5.91 Å². The molecule has 0 saturated carbocycles. The Bertz CT molecular complexity index is 716. The monoisotopic (exact) mass is 249 g/mol. The van der Waals surface area contributed by atoms with Gasteiger partial charge in [-0.3, -0.25) is 19.2 Å². The van der Waals surface area contributed by atoms with Crippen molar-refractivity contribution in [3.8, 4) is 0 Å². The van der Waals surface area contributed by atoms with Gasteiger partial charge in [-0.2, -0.15) is 0 Å². The Hall–Kier alpha value is -2.41. The highest BCUT2D eigenvalue weighted by atomic mass is 16.7. The minimum absolute atomic E-state index is 0.342. The number of benzene rings is 1. The highest BCUT2D eigenvalue weighted by Crippen LogP contribution is 2.11. The molecule has 18 heavy (non-hydrogen) atoms. The van der Waals surface area contributed by atoms with Gasteiger partial charge in [0.05, 0.1) is 18.1 Å². The van der Waals surface area contributed by atoms with E-state index in [0.29, 0.717) is 16.6 Å². The van der Waals surface area contributed by atoms with E-state index >= 15 is 0 Å². The average Bonchev–Trinajstić information content (AvgIpc) is 2.37. The summed E-state index contributed by atoms with van der Waals surface area (Å²) in [5.41, 5.74) is -0.302. The number of hydroxylamine groups is 2. The smallest absolute Gasteiger partial charge is 0.314 e. The standard InChI is InChI=1S/C11H11N3O4/c1-14(18-2)11(17)6-3-4-7-8(5-6)13-10(16)9(15)12-7/h3-5H,1-2H3,(H,12,15)(H,13,16). The molecule has 2 N–H and O–H groups in total. The van der Waals surface area contributed by atoms with E-state index in [0.717, 1.165) is 5.06 Å². The molecule has 2 rings (SSSR count). The van der Waals surface area contributed by atoms with Gasteiger partial charge in [-0.25, -0.2) is 5.06 Å². The highest BCUT2D eigenvalue weighted by Gasteiger charge is 2.12. The molecule has 7 nitrogen and oxygen atoms in total. The third-order valence-electron chi connectivity index (χ3n) is 2.53. The number of hydrogen-bond acceptors (Lipinski definition) is 4. The summed E-state index contributed by atoms with van der Waals surface area (Å²) in [5, 5.41) is 1.06. The molecule has 0 fully saturated rings. The Morgan fingerprint density at radius 2 is 1.78 bits per heavy atom. The molecule has 0 spiro atoms. The third-order valence-corrected chi connectivity index (χ3v) is 2.53. The molecular formula is C11H11N3O4. The number of nitrogens with zero attached hydrogens (tertiary/aromatic N) is 1. The molecule has 7 heteroatoms. The molecule has 94 valence electrons. The van der Waals surface area contributed by atoms with Crippen molar-refractivity contribution in [1.82, 2.24) is 15.0 Å². The molecule has 1 aromatic carbocycles. The molecule has 0 unspecified atom stereocenters. The molecule has 0 aliphatic heterocycles. The number of aromatic nitrogens is 2. The van der Waals surface area contributed by atoms with Crippen molar-refractivity contribution in [3.63, 3.8) is 0 Å². The van der Waals surface area contributed by atoms with Crippen LogP contribution in [0, 0.1) is 0 Å². The van der Waals surface area contributed by atoms with Gasteiger partial charge in [-0.15, -0.1) is 0 Å². The average molecular weight is 249 g/mol. The molecule has 1 amide bonds. The number of carbonyl (C=O) groups excluding carboxylic acids is 1. The predicted octanol–water partition coefficient (Wildman–Crippen LogP) is -0.150. The lowest BCUT2D eigenvalue weighted by Crippen LogP contribution is -2.29. The Labute approximate surface area is 101 Å². The Morgan fingerprint density at radius 1 is 1.17 bits per heavy atom. The Morgan fingerprint density at radius 3 is 2.39 bits per heavy atom. The van der Waals surface area contributed by atoms with Gasteiger partial charge in [0.1, 0.15) is 0 Å². The first-order valence-electron chi connectivity index (χ1n) is 5.11. The van der Waals surface area contributed by atoms with E-state index in [2.05, 4.69) is 9.97 Å². The lowest BCUT2D eigenvalue weighted by Gasteiger charge is -2.13. The fourth-order valence-corrected chi connectivity index (χ4v) is 1.51. The van der Waals surface area contributed by atoms with Crippen LogP contribution in [0.4, 0.5) is 0 Å². The third kappa shape index (κ3) is 2.03. The van der Waals surface area contributed by atoms with Crippen LogP contribution in [0.5, 0.6) is 0 Å². The summed E-state index contributed by atoms with van der Waals surface area (Å²) in [7, 11) is 2.85. The highest BCUT2D eigenvalue weighted by molar-refractivity contribution is 5.96. The predicted molar refractivity (Wildman–Crippen MR) is 64.3 cm³/mol. The molecule has 0 atom stereocenters. The number of H-pyrrole nitrogens is 2. The van der Waals surface area contributed by atoms with Gasteiger partial charge in [-0.05, 0) is 18.2 Å². The Kier molecular flexibility index (Phi) is 2.99. The van der Waals surface area contributed by atoms with Crippen LogP contribution in [-0.4, -0.2) is 35.1 Å². The largest absolute Gasteiger partial charge is 0.316 e. The number of aromatic amines is 2. The summed E-state index contributed by atoms with van der Waals surface area (Å²) in [4.78, 5) is 43.7. The minimum Gasteiger partial charge on any atom is -0.316 e. The first kappa shape index (κ1) is 12.1. The van der Waals surface area contributed by atoms with Crippen LogP contribution < -0.4 is 11.1 Å². The van der Waals surface area contributed by atoms with Crippen molar-refractivity contribution >= 4 is 16.9 Å². The van der Waals surface area contributed by atoms with E-state index in [9.17, 15) is 14.4 Å². The number of rotatable bonds is 2. The van der Waals surface area contributed by atoms with Gasteiger partial charge < -0.3 is 9.97 Å². The number of amides is 1. The second kappa shape index (κ2) is 4.46. The van der Waals surface area contributed by atoms with Gasteiger partial charge in [-0.1, -0.05) is 0 Å². The van der Waals surface area contributed by atoms with Crippen molar-refractivity contribution in [2.45, 2.75) is 0 Å². The topological polar surface area (TPSA) is 95.3 Å². The van der Waals surface area contributed by atoms with Crippen molar-refractivity contribution < 1.29 is 9.63 Å². The lowest BCUT2D eigenvalue weighted by molar-refractivity contribution is -0.0756. The van der Waals surface area contributed by atoms with Crippen molar-refractivity contribution in [3.05, 3.63) is 44.5 Å². The molecule has 0 bridgehead atoms. The maximum atomic E-state index is 11.8. The molecule has 0 saturated heterocycles. The van der Waals surface area contributed by atoms with Crippen LogP contribution in [0.15, 0.2) is 27.8 Å². The van der Waals surface area contributed by atoms with E-state index in [1.165, 1.54) is 26.3 Å². The summed E-state index contributed by atoms with van der Waals surface area (Å²) in [6, 6.07) is 4.56. The molecule has 1 heterocycles. The number of nitrogens with one attached hydrogen (secondary N) is 2. The molecule has 2 aromatic rings. The number of carbonyl (C=O) groups is 1. The first-order chi connectivity index (χ1) is 8.52. The normalized spacial score (nSPS) is 10.6. The second-order valence-electron chi connectivity index (χ2n) is 3.65. The molecule has 1 aromatic heterocycles. The lowest BCUT2D eigenvalue weighted by atomic mass is 10.2. The van der Waals surface area contributed by atoms with Crippen LogP contribution in [0.25, 0.3) is 11.0 Å². The summed E-state index contributed by atoms with van der Waals surface area (Å²) in [6.07, 6.45) is 0. The summed E-state index contributed by atoms with van der Waals surface area (Å²) in [6.45, 7) is 0. The quantitative estimate of drug-likeness (QED) is 0.571. The molecule has 0 aliphatic carbocycles. The second-order valence-corrected chi connectivity index (χ2v) is 3.65. The zero-order valence-electron chi connectivity index (χ0n) is 9.81. The van der Waals surface area contributed by atoms with E-state index < -0.39 is 11.1 Å². The maximum absolute atomic E-state index is 11.8. The summed E-state index contributed by atoms with van der Waals surface area (Å²) >= 11 is 0. The van der Waals surface area contributed by atoms with Crippen molar-refractivity contribution in [2.75, 3.05) is 14.2 Å². The van der Waals surface area contributed by atoms with E-state index in [1.807, 2.05) is 0 Å². The maximum Gasteiger partial charge on any atom is 0.314 e. The SMILES string of the molecule is CON(C)C(=O)c1ccc2[nH]c(=O)c(=O)[nH]c2c1. The van der Waals surface area contributed by atoms with Gasteiger partial charge >= 0.3 is 11.1 Å². The summed E-state index contributed by atoms with van der Waals surface area (Å²) < 4.78 is 0. The van der Waals surface area contributed by atoms with Crippen LogP contribution in [0.1, 0.15) is 10.4 Å². The zero-order valence-corrected chi connectivity index (χ0v) is 9.81. The van der Waals surface area contributed by atoms with Crippen LogP contribution in [-0.2, 0) is 4.84 Å². The van der Waals surface area contributed by atoms with Crippen LogP contribution >= 0.6 is 0 Å². The fraction of sp³-hybridized carbons (Fsp3) is 0.182. The van der Waals surface area contributed by atoms with Crippen molar-refractivity contribution in [1.29, 1.82) is 0 Å².